The molecule has 1 aromatic heterocycles. The number of rotatable bonds is 3. The molecule has 1 nitrogen and oxygen atoms in total. The van der Waals surface area contributed by atoms with E-state index in [9.17, 15) is 8.78 Å². The van der Waals surface area contributed by atoms with Gasteiger partial charge in [0.2, 0.25) is 0 Å². The number of thiocarbonyl (C=S) groups is 1. The van der Waals surface area contributed by atoms with Crippen molar-refractivity contribution in [2.75, 3.05) is 0 Å². The van der Waals surface area contributed by atoms with Crippen LogP contribution in [0.2, 0.25) is 0 Å². The molecular weight excluding hydrogens is 344 g/mol. The summed E-state index contributed by atoms with van der Waals surface area (Å²) >= 11 is 5.99. The van der Waals surface area contributed by atoms with E-state index >= 15 is 0 Å². The Kier molecular flexibility index (Phi) is 5.32. The zero-order valence-electron chi connectivity index (χ0n) is 12.7. The lowest BCUT2D eigenvalue weighted by Crippen LogP contribution is -1.87. The minimum absolute atomic E-state index is 0.00395. The Bertz CT molecular complexity index is 909. The largest absolute Gasteiger partial charge is 0.206 e. The highest BCUT2D eigenvalue weighted by Crippen LogP contribution is 2.26. The van der Waals surface area contributed by atoms with Crippen LogP contribution in [0.15, 0.2) is 40.9 Å². The quantitative estimate of drug-likeness (QED) is 0.292. The molecule has 2 aromatic rings. The standard InChI is InChI=1S/C19H13F2NS2/c20-17-11-19(22-12-23)18(21)10-14(17)5-6-15-7-8-16(24-15)9-13-3-1-2-4-13/h3,7-8,10-11H,1-2,4,9H2. The Morgan fingerprint density at radius 2 is 2.04 bits per heavy atom. The first kappa shape index (κ1) is 16.7. The highest BCUT2D eigenvalue weighted by molar-refractivity contribution is 7.78. The monoisotopic (exact) mass is 357 g/mol. The van der Waals surface area contributed by atoms with E-state index < -0.39 is 11.6 Å². The van der Waals surface area contributed by atoms with E-state index in [0.717, 1.165) is 23.4 Å². The topological polar surface area (TPSA) is 12.4 Å². The van der Waals surface area contributed by atoms with Crippen LogP contribution in [-0.4, -0.2) is 5.16 Å². The van der Waals surface area contributed by atoms with Gasteiger partial charge in [-0.15, -0.1) is 11.3 Å². The van der Waals surface area contributed by atoms with E-state index in [2.05, 4.69) is 35.1 Å². The molecule has 3 rings (SSSR count). The predicted molar refractivity (Wildman–Crippen MR) is 97.0 cm³/mol. The molecule has 5 heteroatoms. The molecule has 1 aliphatic rings. The van der Waals surface area contributed by atoms with Crippen LogP contribution in [0.1, 0.15) is 34.6 Å². The normalized spacial score (nSPS) is 13.0. The summed E-state index contributed by atoms with van der Waals surface area (Å²) in [7, 11) is 0. The van der Waals surface area contributed by atoms with Crippen LogP contribution in [0.5, 0.6) is 0 Å². The number of hydrogen-bond acceptors (Lipinski definition) is 3. The van der Waals surface area contributed by atoms with E-state index in [0.29, 0.717) is 0 Å². The number of allylic oxidation sites excluding steroid dienone is 2. The van der Waals surface area contributed by atoms with Gasteiger partial charge in [-0.2, -0.15) is 4.99 Å². The smallest absolute Gasteiger partial charge is 0.151 e. The number of halogens is 2. The van der Waals surface area contributed by atoms with Gasteiger partial charge in [0.1, 0.15) is 11.5 Å². The first-order valence-corrected chi connectivity index (χ1v) is 8.74. The predicted octanol–water partition coefficient (Wildman–Crippen LogP) is 5.81. The van der Waals surface area contributed by atoms with Gasteiger partial charge in [-0.25, -0.2) is 8.78 Å². The van der Waals surface area contributed by atoms with Crippen molar-refractivity contribution in [3.05, 3.63) is 62.9 Å². The average molecular weight is 357 g/mol. The van der Waals surface area contributed by atoms with E-state index in [1.54, 1.807) is 11.3 Å². The molecule has 0 fully saturated rings. The molecule has 0 atom stereocenters. The van der Waals surface area contributed by atoms with Gasteiger partial charge in [-0.3, -0.25) is 0 Å². The van der Waals surface area contributed by atoms with Crippen LogP contribution < -0.4 is 0 Å². The van der Waals surface area contributed by atoms with Gasteiger partial charge in [0.15, 0.2) is 5.82 Å². The Balaban J connectivity index is 1.79. The summed E-state index contributed by atoms with van der Waals surface area (Å²) in [4.78, 5) is 5.55. The molecule has 0 spiro atoms. The summed E-state index contributed by atoms with van der Waals surface area (Å²) in [5, 5.41) is 2.02. The van der Waals surface area contributed by atoms with Gasteiger partial charge in [0, 0.05) is 17.4 Å². The van der Waals surface area contributed by atoms with Crippen molar-refractivity contribution >= 4 is 34.4 Å². The molecule has 24 heavy (non-hydrogen) atoms. The lowest BCUT2D eigenvalue weighted by atomic mass is 10.1. The molecule has 120 valence electrons. The molecule has 0 unspecified atom stereocenters. The first-order chi connectivity index (χ1) is 11.7. The van der Waals surface area contributed by atoms with Crippen molar-refractivity contribution in [2.24, 2.45) is 4.99 Å². The van der Waals surface area contributed by atoms with E-state index in [1.807, 2.05) is 17.3 Å². The molecule has 0 amide bonds. The van der Waals surface area contributed by atoms with Crippen molar-refractivity contribution in [3.8, 4) is 11.8 Å². The third-order valence-corrected chi connectivity index (χ3v) is 4.81. The van der Waals surface area contributed by atoms with Crippen molar-refractivity contribution < 1.29 is 8.78 Å². The highest BCUT2D eigenvalue weighted by Gasteiger charge is 2.09. The summed E-state index contributed by atoms with van der Waals surface area (Å²) in [5.41, 5.74) is 1.31. The second kappa shape index (κ2) is 7.63. The molecule has 0 radical (unpaired) electrons. The van der Waals surface area contributed by atoms with Crippen LogP contribution in [0.4, 0.5) is 14.5 Å². The van der Waals surface area contributed by atoms with Crippen LogP contribution in [0.25, 0.3) is 0 Å². The molecule has 1 aliphatic carbocycles. The minimum Gasteiger partial charge on any atom is -0.206 e. The molecule has 0 bridgehead atoms. The first-order valence-electron chi connectivity index (χ1n) is 7.51. The Morgan fingerprint density at radius 1 is 1.17 bits per heavy atom. The number of thiophene rings is 1. The maximum absolute atomic E-state index is 13.9. The number of benzene rings is 1. The SMILES string of the molecule is Fc1cc(N=C=S)c(F)cc1C#Cc1ccc(CC2=CCCC2)s1. The number of isothiocyanates is 1. The lowest BCUT2D eigenvalue weighted by molar-refractivity contribution is 0.599. The van der Waals surface area contributed by atoms with E-state index in [-0.39, 0.29) is 11.3 Å². The van der Waals surface area contributed by atoms with E-state index in [1.165, 1.54) is 29.7 Å². The molecule has 0 aliphatic heterocycles. The van der Waals surface area contributed by atoms with Crippen molar-refractivity contribution in [3.63, 3.8) is 0 Å². The third kappa shape index (κ3) is 4.04. The van der Waals surface area contributed by atoms with Crippen molar-refractivity contribution in [1.29, 1.82) is 0 Å². The summed E-state index contributed by atoms with van der Waals surface area (Å²) in [6, 6.07) is 5.97. The second-order valence-corrected chi connectivity index (χ2v) is 6.78. The Hall–Kier alpha value is -2.12. The maximum Gasteiger partial charge on any atom is 0.151 e. The molecule has 0 saturated heterocycles. The lowest BCUT2D eigenvalue weighted by Gasteiger charge is -1.98. The maximum atomic E-state index is 13.9. The summed E-state index contributed by atoms with van der Waals surface area (Å²) in [6.45, 7) is 0. The van der Waals surface area contributed by atoms with Crippen LogP contribution in [-0.2, 0) is 6.42 Å². The Labute approximate surface area is 148 Å². The summed E-state index contributed by atoms with van der Waals surface area (Å²) in [6.07, 6.45) is 6.83. The fraction of sp³-hybridized carbons (Fsp3) is 0.211. The number of nitrogens with zero attached hydrogens (tertiary/aromatic N) is 1. The summed E-state index contributed by atoms with van der Waals surface area (Å²) in [5.74, 6) is 4.30. The average Bonchev–Trinajstić information content (AvgIpc) is 3.22. The number of hydrogen-bond donors (Lipinski definition) is 0. The second-order valence-electron chi connectivity index (χ2n) is 5.43. The fourth-order valence-electron chi connectivity index (χ4n) is 2.56. The highest BCUT2D eigenvalue weighted by atomic mass is 32.1. The third-order valence-electron chi connectivity index (χ3n) is 3.72. The summed E-state index contributed by atoms with van der Waals surface area (Å²) < 4.78 is 27.7. The molecule has 0 saturated carbocycles. The fourth-order valence-corrected chi connectivity index (χ4v) is 3.57. The van der Waals surface area contributed by atoms with Crippen molar-refractivity contribution in [1.82, 2.24) is 0 Å². The van der Waals surface area contributed by atoms with Gasteiger partial charge >= 0.3 is 0 Å². The van der Waals surface area contributed by atoms with Gasteiger partial charge in [0.05, 0.1) is 15.6 Å². The molecule has 0 N–H and O–H groups in total. The van der Waals surface area contributed by atoms with Crippen molar-refractivity contribution in [2.45, 2.75) is 25.7 Å². The molecule has 1 aromatic carbocycles. The van der Waals surface area contributed by atoms with E-state index in [4.69, 9.17) is 0 Å². The van der Waals surface area contributed by atoms with Gasteiger partial charge in [0.25, 0.3) is 0 Å². The number of aliphatic imine (C=N–C) groups is 1. The van der Waals surface area contributed by atoms with Gasteiger partial charge < -0.3 is 0 Å². The Morgan fingerprint density at radius 3 is 2.79 bits per heavy atom. The zero-order chi connectivity index (χ0) is 16.9. The molecular formula is C19H13F2NS2. The van der Waals surface area contributed by atoms with Crippen LogP contribution in [0.3, 0.4) is 0 Å². The van der Waals surface area contributed by atoms with Gasteiger partial charge in [-0.1, -0.05) is 23.5 Å². The zero-order valence-corrected chi connectivity index (χ0v) is 14.4. The van der Waals surface area contributed by atoms with Crippen LogP contribution in [0, 0.1) is 23.5 Å². The van der Waals surface area contributed by atoms with Gasteiger partial charge in [-0.05, 0) is 49.7 Å². The van der Waals surface area contributed by atoms with Crippen LogP contribution >= 0.6 is 23.6 Å². The minimum atomic E-state index is -0.668. The molecule has 1 heterocycles.